The van der Waals surface area contributed by atoms with Gasteiger partial charge in [-0.1, -0.05) is 12.1 Å². The van der Waals surface area contributed by atoms with E-state index in [-0.39, 0.29) is 11.7 Å². The molecule has 41 heavy (non-hydrogen) atoms. The van der Waals surface area contributed by atoms with Gasteiger partial charge in [0, 0.05) is 23.3 Å². The van der Waals surface area contributed by atoms with Crippen molar-refractivity contribution < 1.29 is 36.7 Å². The second-order valence-corrected chi connectivity index (χ2v) is 9.31. The maximum absolute atomic E-state index is 13.6. The average Bonchev–Trinajstić information content (AvgIpc) is 3.81. The highest BCUT2D eigenvalue weighted by Crippen LogP contribution is 2.35. The van der Waals surface area contributed by atoms with Crippen molar-refractivity contribution in [3.63, 3.8) is 0 Å². The van der Waals surface area contributed by atoms with E-state index < -0.39 is 42.3 Å². The van der Waals surface area contributed by atoms with E-state index in [2.05, 4.69) is 30.7 Å². The number of carbonyl (C=O) groups is 2. The lowest BCUT2D eigenvalue weighted by atomic mass is 10.0. The van der Waals surface area contributed by atoms with Crippen molar-refractivity contribution in [3.05, 3.63) is 72.3 Å². The van der Waals surface area contributed by atoms with Gasteiger partial charge in [-0.3, -0.25) is 4.79 Å². The summed E-state index contributed by atoms with van der Waals surface area (Å²) in [6, 6.07) is 8.46. The van der Waals surface area contributed by atoms with Crippen LogP contribution in [0.3, 0.4) is 0 Å². The van der Waals surface area contributed by atoms with Crippen molar-refractivity contribution in [3.8, 4) is 16.9 Å². The molecule has 0 spiro atoms. The lowest BCUT2D eigenvalue weighted by Gasteiger charge is -2.18. The summed E-state index contributed by atoms with van der Waals surface area (Å²) in [7, 11) is 0. The van der Waals surface area contributed by atoms with Gasteiger partial charge in [0.05, 0.1) is 12.0 Å². The van der Waals surface area contributed by atoms with Crippen LogP contribution >= 0.6 is 0 Å². The summed E-state index contributed by atoms with van der Waals surface area (Å²) in [5, 5.41) is 3.57. The minimum absolute atomic E-state index is 0.182. The molecule has 1 amide bonds. The fourth-order valence-corrected chi connectivity index (χ4v) is 3.85. The molecule has 5 rings (SSSR count). The first-order valence-electron chi connectivity index (χ1n) is 12.4. The summed E-state index contributed by atoms with van der Waals surface area (Å²) >= 11 is 0. The fourth-order valence-electron chi connectivity index (χ4n) is 3.85. The number of fused-ring (bicyclic) bond motifs is 1. The highest BCUT2D eigenvalue weighted by molar-refractivity contribution is 5.97. The molecule has 212 valence electrons. The molecule has 1 saturated carbocycles. The average molecular weight is 571 g/mol. The highest BCUT2D eigenvalue weighted by atomic mass is 19.4. The van der Waals surface area contributed by atoms with E-state index in [1.165, 1.54) is 18.5 Å². The molecule has 14 heteroatoms. The Bertz CT molecular complexity index is 1580. The number of alkyl halides is 3. The summed E-state index contributed by atoms with van der Waals surface area (Å²) in [5.41, 5.74) is 3.95. The molecule has 2 N–H and O–H groups in total. The Balaban J connectivity index is 1.43. The standard InChI is InChI=1S/C27H22F4N6O4/c1-14(18-10-32-26(33-11-18)27(29,30)31)36-24-20-8-17(15-4-6-19(28)7-5-15)9-21(23(20)34-13-35-24)40-12-22(38)37-41-25(39)16-2-3-16/h4-11,13-14,16H,2-3,12H2,1H3,(H,37,38)(H,34,35,36)/t14-/m1/s1. The van der Waals surface area contributed by atoms with Crippen molar-refractivity contribution >= 4 is 28.6 Å². The van der Waals surface area contributed by atoms with Crippen LogP contribution < -0.4 is 15.5 Å². The van der Waals surface area contributed by atoms with E-state index in [1.807, 2.05) is 0 Å². The van der Waals surface area contributed by atoms with Crippen LogP contribution in [0.2, 0.25) is 0 Å². The Kier molecular flexibility index (Phi) is 7.64. The molecule has 1 aliphatic rings. The van der Waals surface area contributed by atoms with Crippen LogP contribution in [0.1, 0.15) is 37.2 Å². The molecular formula is C27H22F4N6O4. The number of halogens is 4. The Morgan fingerprint density at radius 3 is 2.39 bits per heavy atom. The Morgan fingerprint density at radius 1 is 1.02 bits per heavy atom. The predicted octanol–water partition coefficient (Wildman–Crippen LogP) is 4.78. The molecule has 1 atom stereocenters. The lowest BCUT2D eigenvalue weighted by Crippen LogP contribution is -2.31. The summed E-state index contributed by atoms with van der Waals surface area (Å²) in [4.78, 5) is 44.1. The van der Waals surface area contributed by atoms with Crippen LogP contribution in [0.25, 0.3) is 22.0 Å². The molecule has 0 saturated heterocycles. The summed E-state index contributed by atoms with van der Waals surface area (Å²) in [6.45, 7) is 1.18. The number of ether oxygens (including phenoxy) is 1. The lowest BCUT2D eigenvalue weighted by molar-refractivity contribution is -0.160. The molecule has 0 unspecified atom stereocenters. The molecule has 2 heterocycles. The second-order valence-electron chi connectivity index (χ2n) is 9.31. The van der Waals surface area contributed by atoms with E-state index in [1.54, 1.807) is 31.2 Å². The minimum Gasteiger partial charge on any atom is -0.481 e. The van der Waals surface area contributed by atoms with Gasteiger partial charge >= 0.3 is 12.1 Å². The van der Waals surface area contributed by atoms with Gasteiger partial charge < -0.3 is 14.9 Å². The first-order valence-corrected chi connectivity index (χ1v) is 12.4. The molecular weight excluding hydrogens is 548 g/mol. The molecule has 2 aromatic heterocycles. The van der Waals surface area contributed by atoms with E-state index in [9.17, 15) is 27.2 Å². The van der Waals surface area contributed by atoms with Gasteiger partial charge in [0.1, 0.15) is 29.2 Å². The Labute approximate surface area is 230 Å². The fraction of sp³-hybridized carbons (Fsp3) is 0.259. The molecule has 10 nitrogen and oxygen atoms in total. The third-order valence-electron chi connectivity index (χ3n) is 6.19. The number of amides is 1. The number of hydroxylamine groups is 1. The number of aromatic nitrogens is 4. The van der Waals surface area contributed by atoms with Crippen molar-refractivity contribution in [2.24, 2.45) is 5.92 Å². The molecule has 1 aliphatic carbocycles. The molecule has 4 aromatic rings. The SMILES string of the molecule is C[C@@H](Nc1ncnc2c(OCC(=O)NOC(=O)C3CC3)cc(-c3ccc(F)cc3)cc12)c1cnc(C(F)(F)F)nc1. The smallest absolute Gasteiger partial charge is 0.451 e. The quantitative estimate of drug-likeness (QED) is 0.227. The van der Waals surface area contributed by atoms with Gasteiger partial charge in [-0.2, -0.15) is 18.7 Å². The van der Waals surface area contributed by atoms with E-state index >= 15 is 0 Å². The van der Waals surface area contributed by atoms with Gasteiger partial charge in [-0.05, 0) is 55.2 Å². The van der Waals surface area contributed by atoms with Gasteiger partial charge in [0.25, 0.3) is 5.91 Å². The van der Waals surface area contributed by atoms with Crippen LogP contribution in [0.5, 0.6) is 5.75 Å². The van der Waals surface area contributed by atoms with Crippen molar-refractivity contribution in [2.45, 2.75) is 32.0 Å². The van der Waals surface area contributed by atoms with E-state index in [0.717, 1.165) is 12.4 Å². The second kappa shape index (κ2) is 11.3. The maximum Gasteiger partial charge on any atom is 0.451 e. The minimum atomic E-state index is -4.67. The van der Waals surface area contributed by atoms with Crippen LogP contribution in [0, 0.1) is 11.7 Å². The number of nitrogens with zero attached hydrogens (tertiary/aromatic N) is 4. The monoisotopic (exact) mass is 570 g/mol. The third kappa shape index (κ3) is 6.65. The number of anilines is 1. The first-order chi connectivity index (χ1) is 19.6. The van der Waals surface area contributed by atoms with Crippen LogP contribution in [0.4, 0.5) is 23.4 Å². The number of hydrogen-bond donors (Lipinski definition) is 2. The molecule has 0 radical (unpaired) electrons. The number of carbonyl (C=O) groups excluding carboxylic acids is 2. The predicted molar refractivity (Wildman–Crippen MR) is 136 cm³/mol. The van der Waals surface area contributed by atoms with Crippen LogP contribution in [0.15, 0.2) is 55.1 Å². The van der Waals surface area contributed by atoms with E-state index in [0.29, 0.717) is 46.3 Å². The summed E-state index contributed by atoms with van der Waals surface area (Å²) < 4.78 is 57.9. The van der Waals surface area contributed by atoms with Crippen molar-refractivity contribution in [2.75, 3.05) is 11.9 Å². The first kappa shape index (κ1) is 27.7. The van der Waals surface area contributed by atoms with Crippen molar-refractivity contribution in [1.82, 2.24) is 25.4 Å². The van der Waals surface area contributed by atoms with Gasteiger partial charge in [0.15, 0.2) is 6.61 Å². The number of rotatable bonds is 8. The number of benzene rings is 2. The van der Waals surface area contributed by atoms with E-state index in [4.69, 9.17) is 9.57 Å². The van der Waals surface area contributed by atoms with Gasteiger partial charge in [-0.25, -0.2) is 29.1 Å². The van der Waals surface area contributed by atoms with Crippen LogP contribution in [-0.4, -0.2) is 38.4 Å². The Hall–Kier alpha value is -4.88. The van der Waals surface area contributed by atoms with Crippen LogP contribution in [-0.2, 0) is 20.6 Å². The number of hydrogen-bond acceptors (Lipinski definition) is 9. The molecule has 1 fully saturated rings. The molecule has 2 aromatic carbocycles. The molecule has 0 aliphatic heterocycles. The largest absolute Gasteiger partial charge is 0.481 e. The molecule has 0 bridgehead atoms. The zero-order valence-electron chi connectivity index (χ0n) is 21.4. The summed E-state index contributed by atoms with van der Waals surface area (Å²) in [6.07, 6.45) is 0.166. The third-order valence-corrected chi connectivity index (χ3v) is 6.19. The maximum atomic E-state index is 13.6. The zero-order chi connectivity index (χ0) is 29.1. The highest BCUT2D eigenvalue weighted by Gasteiger charge is 2.34. The Morgan fingerprint density at radius 2 is 1.73 bits per heavy atom. The van der Waals surface area contributed by atoms with Gasteiger partial charge in [0.2, 0.25) is 5.82 Å². The summed E-state index contributed by atoms with van der Waals surface area (Å²) in [5.74, 6) is -2.62. The normalized spacial score (nSPS) is 13.9. The topological polar surface area (TPSA) is 128 Å². The zero-order valence-corrected chi connectivity index (χ0v) is 21.4. The number of nitrogens with one attached hydrogen (secondary N) is 2. The van der Waals surface area contributed by atoms with Crippen molar-refractivity contribution in [1.29, 1.82) is 0 Å². The van der Waals surface area contributed by atoms with Gasteiger partial charge in [-0.15, -0.1) is 0 Å².